The van der Waals surface area contributed by atoms with E-state index >= 15 is 0 Å². The van der Waals surface area contributed by atoms with Gasteiger partial charge in [0.1, 0.15) is 0 Å². The minimum Gasteiger partial charge on any atom is -0.231 e. The van der Waals surface area contributed by atoms with E-state index in [4.69, 9.17) is 11.6 Å². The summed E-state index contributed by atoms with van der Waals surface area (Å²) in [5.74, 6) is 0. The van der Waals surface area contributed by atoms with Crippen molar-refractivity contribution < 1.29 is 0 Å². The van der Waals surface area contributed by atoms with Crippen molar-refractivity contribution in [1.29, 1.82) is 0 Å². The van der Waals surface area contributed by atoms with E-state index in [-0.39, 0.29) is 6.04 Å². The van der Waals surface area contributed by atoms with Crippen LogP contribution in [0.1, 0.15) is 32.4 Å². The molecule has 1 aromatic carbocycles. The van der Waals surface area contributed by atoms with Gasteiger partial charge in [0.15, 0.2) is 0 Å². The number of benzene rings is 1. The van der Waals surface area contributed by atoms with Gasteiger partial charge in [0.25, 0.3) is 0 Å². The van der Waals surface area contributed by atoms with Gasteiger partial charge >= 0.3 is 0 Å². The molecule has 0 heterocycles. The second-order valence-corrected chi connectivity index (χ2v) is 3.91. The zero-order valence-corrected chi connectivity index (χ0v) is 9.05. The van der Waals surface area contributed by atoms with Crippen molar-refractivity contribution in [2.45, 2.75) is 32.9 Å². The van der Waals surface area contributed by atoms with Crippen LogP contribution in [-0.4, -0.2) is 6.04 Å². The third-order valence-electron chi connectivity index (χ3n) is 1.87. The number of hydrogen-bond acceptors (Lipinski definition) is 0. The number of rotatable bonds is 3. The third-order valence-corrected chi connectivity index (χ3v) is 2.13. The molecule has 1 atom stereocenters. The first-order chi connectivity index (χ1) is 6.09. The van der Waals surface area contributed by atoms with Crippen LogP contribution in [-0.2, 0) is 0 Å². The molecule has 0 saturated carbocycles. The summed E-state index contributed by atoms with van der Waals surface area (Å²) in [6.45, 7) is 6.28. The van der Waals surface area contributed by atoms with Crippen LogP contribution in [0.25, 0.3) is 0 Å². The fourth-order valence-electron chi connectivity index (χ4n) is 1.27. The highest BCUT2D eigenvalue weighted by atomic mass is 35.5. The van der Waals surface area contributed by atoms with E-state index in [1.165, 1.54) is 5.56 Å². The Bertz CT molecular complexity index is 253. The molecule has 71 valence electrons. The topological polar surface area (TPSA) is 14.1 Å². The first-order valence-electron chi connectivity index (χ1n) is 4.55. The van der Waals surface area contributed by atoms with Crippen molar-refractivity contribution >= 4 is 11.6 Å². The number of hydrogen-bond donors (Lipinski definition) is 0. The molecule has 13 heavy (non-hydrogen) atoms. The SMILES string of the molecule is CC(C)[N][C@@H](C)c1ccc(Cl)cc1. The molecule has 0 saturated heterocycles. The summed E-state index contributed by atoms with van der Waals surface area (Å²) in [6.07, 6.45) is 0. The van der Waals surface area contributed by atoms with Gasteiger partial charge in [0, 0.05) is 17.1 Å². The van der Waals surface area contributed by atoms with Crippen LogP contribution in [0.4, 0.5) is 0 Å². The largest absolute Gasteiger partial charge is 0.231 e. The maximum atomic E-state index is 5.79. The standard InChI is InChI=1S/C11H15ClN/c1-8(2)13-9(3)10-4-6-11(12)7-5-10/h4-9H,1-3H3/t9-/m0/s1. The Morgan fingerprint density at radius 1 is 1.08 bits per heavy atom. The van der Waals surface area contributed by atoms with E-state index in [2.05, 4.69) is 26.1 Å². The zero-order valence-electron chi connectivity index (χ0n) is 8.29. The predicted octanol–water partition coefficient (Wildman–Crippen LogP) is 3.41. The Balaban J connectivity index is 2.66. The second-order valence-electron chi connectivity index (χ2n) is 3.47. The molecule has 0 unspecified atom stereocenters. The molecule has 0 bridgehead atoms. The molecule has 2 heteroatoms. The Hall–Kier alpha value is -0.530. The summed E-state index contributed by atoms with van der Waals surface area (Å²) in [6, 6.07) is 8.51. The van der Waals surface area contributed by atoms with Crippen molar-refractivity contribution in [2.75, 3.05) is 0 Å². The lowest BCUT2D eigenvalue weighted by Crippen LogP contribution is -2.18. The fourth-order valence-corrected chi connectivity index (χ4v) is 1.40. The molecular weight excluding hydrogens is 182 g/mol. The first-order valence-corrected chi connectivity index (χ1v) is 4.93. The van der Waals surface area contributed by atoms with Gasteiger partial charge in [-0.15, -0.1) is 0 Å². The van der Waals surface area contributed by atoms with Crippen LogP contribution in [0.15, 0.2) is 24.3 Å². The van der Waals surface area contributed by atoms with Crippen molar-refractivity contribution in [1.82, 2.24) is 5.32 Å². The maximum Gasteiger partial charge on any atom is 0.0470 e. The van der Waals surface area contributed by atoms with Crippen molar-refractivity contribution in [2.24, 2.45) is 0 Å². The zero-order chi connectivity index (χ0) is 9.84. The molecule has 0 amide bonds. The average Bonchev–Trinajstić information content (AvgIpc) is 2.04. The monoisotopic (exact) mass is 196 g/mol. The molecule has 1 radical (unpaired) electrons. The molecule has 0 aromatic heterocycles. The van der Waals surface area contributed by atoms with Gasteiger partial charge in [-0.3, -0.25) is 0 Å². The van der Waals surface area contributed by atoms with E-state index in [1.54, 1.807) is 0 Å². The lowest BCUT2D eigenvalue weighted by Gasteiger charge is -2.14. The Kier molecular flexibility index (Phi) is 3.76. The highest BCUT2D eigenvalue weighted by molar-refractivity contribution is 6.30. The molecular formula is C11H15ClN. The Labute approximate surface area is 85.1 Å². The highest BCUT2D eigenvalue weighted by Crippen LogP contribution is 2.17. The predicted molar refractivity (Wildman–Crippen MR) is 57.1 cm³/mol. The molecule has 0 aliphatic heterocycles. The molecule has 1 nitrogen and oxygen atoms in total. The average molecular weight is 197 g/mol. The van der Waals surface area contributed by atoms with Gasteiger partial charge in [-0.1, -0.05) is 23.7 Å². The number of halogens is 1. The summed E-state index contributed by atoms with van der Waals surface area (Å²) in [5, 5.41) is 5.31. The normalized spacial score (nSPS) is 13.3. The van der Waals surface area contributed by atoms with E-state index in [0.29, 0.717) is 6.04 Å². The molecule has 0 aliphatic carbocycles. The Morgan fingerprint density at radius 3 is 2.08 bits per heavy atom. The van der Waals surface area contributed by atoms with Crippen LogP contribution in [0.2, 0.25) is 5.02 Å². The number of nitrogens with zero attached hydrogens (tertiary/aromatic N) is 1. The summed E-state index contributed by atoms with van der Waals surface area (Å²) >= 11 is 5.79. The maximum absolute atomic E-state index is 5.79. The molecule has 0 fully saturated rings. The minimum absolute atomic E-state index is 0.261. The van der Waals surface area contributed by atoms with Crippen molar-refractivity contribution in [3.63, 3.8) is 0 Å². The lowest BCUT2D eigenvalue weighted by atomic mass is 10.1. The van der Waals surface area contributed by atoms with Gasteiger partial charge in [0.05, 0.1) is 0 Å². The summed E-state index contributed by atoms with van der Waals surface area (Å²) in [4.78, 5) is 0. The molecule has 1 aromatic rings. The van der Waals surface area contributed by atoms with Crippen LogP contribution in [0.5, 0.6) is 0 Å². The van der Waals surface area contributed by atoms with Gasteiger partial charge in [0.2, 0.25) is 0 Å². The molecule has 0 N–H and O–H groups in total. The summed E-state index contributed by atoms with van der Waals surface area (Å²) in [5.41, 5.74) is 1.22. The molecule has 0 aliphatic rings. The first kappa shape index (κ1) is 10.6. The van der Waals surface area contributed by atoms with E-state index < -0.39 is 0 Å². The van der Waals surface area contributed by atoms with Crippen LogP contribution >= 0.6 is 11.6 Å². The molecule has 1 rings (SSSR count). The van der Waals surface area contributed by atoms with Gasteiger partial charge in [-0.05, 0) is 38.5 Å². The second kappa shape index (κ2) is 4.64. The van der Waals surface area contributed by atoms with E-state index in [1.807, 2.05) is 24.3 Å². The Morgan fingerprint density at radius 2 is 1.62 bits per heavy atom. The minimum atomic E-state index is 0.261. The van der Waals surface area contributed by atoms with Crippen LogP contribution in [0.3, 0.4) is 0 Å². The van der Waals surface area contributed by atoms with E-state index in [0.717, 1.165) is 5.02 Å². The third kappa shape index (κ3) is 3.37. The smallest absolute Gasteiger partial charge is 0.0470 e. The molecule has 0 spiro atoms. The van der Waals surface area contributed by atoms with Crippen LogP contribution in [0, 0.1) is 0 Å². The van der Waals surface area contributed by atoms with Crippen LogP contribution < -0.4 is 5.32 Å². The van der Waals surface area contributed by atoms with Crippen molar-refractivity contribution in [3.05, 3.63) is 34.9 Å². The fraction of sp³-hybridized carbons (Fsp3) is 0.455. The van der Waals surface area contributed by atoms with Gasteiger partial charge in [-0.25, -0.2) is 5.32 Å². The summed E-state index contributed by atoms with van der Waals surface area (Å²) in [7, 11) is 0. The quantitative estimate of drug-likeness (QED) is 0.704. The highest BCUT2D eigenvalue weighted by Gasteiger charge is 2.06. The van der Waals surface area contributed by atoms with Gasteiger partial charge in [-0.2, -0.15) is 0 Å². The van der Waals surface area contributed by atoms with Crippen molar-refractivity contribution in [3.8, 4) is 0 Å². The van der Waals surface area contributed by atoms with Gasteiger partial charge < -0.3 is 0 Å². The van der Waals surface area contributed by atoms with E-state index in [9.17, 15) is 0 Å². The summed E-state index contributed by atoms with van der Waals surface area (Å²) < 4.78 is 0. The lowest BCUT2D eigenvalue weighted by molar-refractivity contribution is 0.493.